The van der Waals surface area contributed by atoms with E-state index in [4.69, 9.17) is 0 Å². The first kappa shape index (κ1) is 16.9. The van der Waals surface area contributed by atoms with Gasteiger partial charge in [-0.15, -0.1) is 0 Å². The van der Waals surface area contributed by atoms with E-state index in [-0.39, 0.29) is 11.7 Å². The molecule has 0 bridgehead atoms. The van der Waals surface area contributed by atoms with Crippen LogP contribution in [0.25, 0.3) is 0 Å². The van der Waals surface area contributed by atoms with Crippen LogP contribution in [-0.2, 0) is 0 Å². The molecule has 0 aliphatic carbocycles. The lowest BCUT2D eigenvalue weighted by atomic mass is 9.99. The average Bonchev–Trinajstić information content (AvgIpc) is 2.45. The summed E-state index contributed by atoms with van der Waals surface area (Å²) in [6, 6.07) is 9.60. The van der Waals surface area contributed by atoms with Crippen LogP contribution in [0.15, 0.2) is 30.3 Å². The third-order valence-corrected chi connectivity index (χ3v) is 3.56. The van der Waals surface area contributed by atoms with Crippen molar-refractivity contribution in [2.24, 2.45) is 5.92 Å². The van der Waals surface area contributed by atoms with Crippen molar-refractivity contribution in [3.63, 3.8) is 0 Å². The van der Waals surface area contributed by atoms with Gasteiger partial charge in [0.15, 0.2) is 5.78 Å². The van der Waals surface area contributed by atoms with Crippen LogP contribution in [0.5, 0.6) is 0 Å². The summed E-state index contributed by atoms with van der Waals surface area (Å²) < 4.78 is 0. The van der Waals surface area contributed by atoms with Gasteiger partial charge in [-0.3, -0.25) is 4.79 Å². The zero-order chi connectivity index (χ0) is 15.0. The molecular formula is C17H28N2O. The second-order valence-electron chi connectivity index (χ2n) is 5.68. The van der Waals surface area contributed by atoms with Gasteiger partial charge in [0, 0.05) is 18.0 Å². The molecule has 112 valence electrons. The molecule has 0 amide bonds. The van der Waals surface area contributed by atoms with Gasteiger partial charge in [-0.1, -0.05) is 44.2 Å². The number of hydrogen-bond donors (Lipinski definition) is 0. The number of carbonyl (C=O) groups is 1. The van der Waals surface area contributed by atoms with E-state index in [1.807, 2.05) is 37.3 Å². The van der Waals surface area contributed by atoms with Crippen LogP contribution in [0, 0.1) is 5.92 Å². The van der Waals surface area contributed by atoms with Crippen molar-refractivity contribution in [1.82, 2.24) is 9.80 Å². The van der Waals surface area contributed by atoms with E-state index in [2.05, 4.69) is 30.8 Å². The van der Waals surface area contributed by atoms with Crippen molar-refractivity contribution >= 4 is 5.78 Å². The third kappa shape index (κ3) is 5.85. The molecule has 0 fully saturated rings. The Kier molecular flexibility index (Phi) is 7.48. The van der Waals surface area contributed by atoms with Crippen LogP contribution in [0.2, 0.25) is 0 Å². The molecule has 0 saturated carbocycles. The predicted molar refractivity (Wildman–Crippen MR) is 85.2 cm³/mol. The Morgan fingerprint density at radius 3 is 2.35 bits per heavy atom. The van der Waals surface area contributed by atoms with Gasteiger partial charge in [0.25, 0.3) is 0 Å². The Balaban J connectivity index is 2.46. The highest BCUT2D eigenvalue weighted by Crippen LogP contribution is 2.10. The van der Waals surface area contributed by atoms with E-state index in [0.717, 1.165) is 38.2 Å². The Morgan fingerprint density at radius 2 is 1.80 bits per heavy atom. The molecule has 0 aromatic heterocycles. The molecule has 20 heavy (non-hydrogen) atoms. The van der Waals surface area contributed by atoms with E-state index in [0.29, 0.717) is 0 Å². The van der Waals surface area contributed by atoms with Crippen molar-refractivity contribution in [3.8, 4) is 0 Å². The lowest BCUT2D eigenvalue weighted by molar-refractivity contribution is 0.0894. The standard InChI is InChI=1S/C17H28N2O/c1-5-19(13-9-12-18(3)4)14-15(2)17(20)16-10-7-6-8-11-16/h6-8,10-11,15H,5,9,12-14H2,1-4H3. The highest BCUT2D eigenvalue weighted by Gasteiger charge is 2.17. The fourth-order valence-corrected chi connectivity index (χ4v) is 2.35. The molecule has 0 aliphatic rings. The number of benzene rings is 1. The maximum absolute atomic E-state index is 12.3. The van der Waals surface area contributed by atoms with E-state index >= 15 is 0 Å². The summed E-state index contributed by atoms with van der Waals surface area (Å²) in [4.78, 5) is 16.9. The minimum absolute atomic E-state index is 0.0525. The lowest BCUT2D eigenvalue weighted by Crippen LogP contribution is -2.33. The molecule has 1 rings (SSSR count). The maximum Gasteiger partial charge on any atom is 0.166 e. The summed E-state index contributed by atoms with van der Waals surface area (Å²) in [5.74, 6) is 0.299. The first-order valence-corrected chi connectivity index (χ1v) is 7.51. The van der Waals surface area contributed by atoms with E-state index < -0.39 is 0 Å². The Labute approximate surface area is 123 Å². The molecule has 1 aromatic carbocycles. The minimum atomic E-state index is 0.0525. The average molecular weight is 276 g/mol. The van der Waals surface area contributed by atoms with Gasteiger partial charge < -0.3 is 9.80 Å². The molecular weight excluding hydrogens is 248 g/mol. The number of nitrogens with zero attached hydrogens (tertiary/aromatic N) is 2. The summed E-state index contributed by atoms with van der Waals surface area (Å²) in [6.45, 7) is 8.19. The van der Waals surface area contributed by atoms with Gasteiger partial charge >= 0.3 is 0 Å². The molecule has 0 aliphatic heterocycles. The molecule has 0 heterocycles. The van der Waals surface area contributed by atoms with Crippen LogP contribution < -0.4 is 0 Å². The SMILES string of the molecule is CCN(CCCN(C)C)CC(C)C(=O)c1ccccc1. The van der Waals surface area contributed by atoms with Gasteiger partial charge in [-0.25, -0.2) is 0 Å². The van der Waals surface area contributed by atoms with E-state index in [1.165, 1.54) is 0 Å². The highest BCUT2D eigenvalue weighted by atomic mass is 16.1. The largest absolute Gasteiger partial charge is 0.309 e. The maximum atomic E-state index is 12.3. The summed E-state index contributed by atoms with van der Waals surface area (Å²) in [5.41, 5.74) is 0.823. The monoisotopic (exact) mass is 276 g/mol. The van der Waals surface area contributed by atoms with E-state index in [1.54, 1.807) is 0 Å². The number of hydrogen-bond acceptors (Lipinski definition) is 3. The summed E-state index contributed by atoms with van der Waals surface area (Å²) >= 11 is 0. The van der Waals surface area contributed by atoms with Gasteiger partial charge in [0.1, 0.15) is 0 Å². The zero-order valence-electron chi connectivity index (χ0n) is 13.3. The first-order chi connectivity index (χ1) is 9.54. The Bertz CT molecular complexity index is 389. The number of carbonyl (C=O) groups excluding carboxylic acids is 1. The predicted octanol–water partition coefficient (Wildman–Crippen LogP) is 2.78. The molecule has 1 unspecified atom stereocenters. The fraction of sp³-hybridized carbons (Fsp3) is 0.588. The normalized spacial score (nSPS) is 12.9. The topological polar surface area (TPSA) is 23.6 Å². The first-order valence-electron chi connectivity index (χ1n) is 7.51. The zero-order valence-corrected chi connectivity index (χ0v) is 13.3. The van der Waals surface area contributed by atoms with Crippen molar-refractivity contribution in [3.05, 3.63) is 35.9 Å². The van der Waals surface area contributed by atoms with Crippen molar-refractivity contribution in [2.75, 3.05) is 40.3 Å². The number of ketones is 1. The molecule has 0 radical (unpaired) electrons. The van der Waals surface area contributed by atoms with Crippen LogP contribution in [-0.4, -0.2) is 55.9 Å². The quantitative estimate of drug-likeness (QED) is 0.648. The van der Waals surface area contributed by atoms with Gasteiger partial charge in [-0.05, 0) is 40.2 Å². The second-order valence-corrected chi connectivity index (χ2v) is 5.68. The molecule has 0 N–H and O–H groups in total. The molecule has 0 spiro atoms. The molecule has 0 saturated heterocycles. The number of rotatable bonds is 9. The highest BCUT2D eigenvalue weighted by molar-refractivity contribution is 5.97. The fourth-order valence-electron chi connectivity index (χ4n) is 2.35. The molecule has 1 aromatic rings. The second kappa shape index (κ2) is 8.88. The van der Waals surface area contributed by atoms with Crippen molar-refractivity contribution in [2.45, 2.75) is 20.3 Å². The summed E-state index contributed by atoms with van der Waals surface area (Å²) in [5, 5.41) is 0. The molecule has 3 nitrogen and oxygen atoms in total. The number of Topliss-reactive ketones (excluding diaryl/α,β-unsaturated/α-hetero) is 1. The minimum Gasteiger partial charge on any atom is -0.309 e. The lowest BCUT2D eigenvalue weighted by Gasteiger charge is -2.24. The van der Waals surface area contributed by atoms with Crippen molar-refractivity contribution < 1.29 is 4.79 Å². The van der Waals surface area contributed by atoms with Crippen LogP contribution in [0.1, 0.15) is 30.6 Å². The Morgan fingerprint density at radius 1 is 1.15 bits per heavy atom. The van der Waals surface area contributed by atoms with Crippen molar-refractivity contribution in [1.29, 1.82) is 0 Å². The van der Waals surface area contributed by atoms with Gasteiger partial charge in [-0.2, -0.15) is 0 Å². The van der Waals surface area contributed by atoms with Gasteiger partial charge in [0.05, 0.1) is 0 Å². The van der Waals surface area contributed by atoms with E-state index in [9.17, 15) is 4.79 Å². The Hall–Kier alpha value is -1.19. The van der Waals surface area contributed by atoms with Crippen LogP contribution >= 0.6 is 0 Å². The third-order valence-electron chi connectivity index (χ3n) is 3.56. The smallest absolute Gasteiger partial charge is 0.166 e. The molecule has 3 heteroatoms. The molecule has 1 atom stereocenters. The van der Waals surface area contributed by atoms with Crippen LogP contribution in [0.3, 0.4) is 0 Å². The summed E-state index contributed by atoms with van der Waals surface area (Å²) in [7, 11) is 4.19. The van der Waals surface area contributed by atoms with Crippen LogP contribution in [0.4, 0.5) is 0 Å². The summed E-state index contributed by atoms with van der Waals surface area (Å²) in [6.07, 6.45) is 1.15. The van der Waals surface area contributed by atoms with Gasteiger partial charge in [0.2, 0.25) is 0 Å².